The van der Waals surface area contributed by atoms with Gasteiger partial charge in [-0.15, -0.1) is 11.3 Å². The van der Waals surface area contributed by atoms with Crippen molar-refractivity contribution in [1.29, 1.82) is 0 Å². The average Bonchev–Trinajstić information content (AvgIpc) is 3.04. The number of rotatable bonds is 6. The second-order valence-electron chi connectivity index (χ2n) is 6.47. The van der Waals surface area contributed by atoms with Gasteiger partial charge in [0.25, 0.3) is 10.0 Å². The lowest BCUT2D eigenvalue weighted by Gasteiger charge is -2.10. The van der Waals surface area contributed by atoms with Crippen LogP contribution in [0.3, 0.4) is 0 Å². The number of nitrogens with two attached hydrogens (primary N) is 1. The maximum absolute atomic E-state index is 12.8. The van der Waals surface area contributed by atoms with Crippen LogP contribution in [-0.4, -0.2) is 25.4 Å². The molecule has 4 N–H and O–H groups in total. The normalized spacial score (nSPS) is 11.2. The molecule has 1 heterocycles. The van der Waals surface area contributed by atoms with Gasteiger partial charge in [0.05, 0.1) is 10.6 Å². The third-order valence-electron chi connectivity index (χ3n) is 4.24. The highest BCUT2D eigenvalue weighted by molar-refractivity contribution is 7.92. The van der Waals surface area contributed by atoms with E-state index in [4.69, 9.17) is 5.73 Å². The molecule has 0 radical (unpaired) electrons. The number of carboxylic acids is 1. The van der Waals surface area contributed by atoms with Crippen molar-refractivity contribution in [1.82, 2.24) is 0 Å². The number of aryl methyl sites for hydroxylation is 2. The monoisotopic (exact) mass is 430 g/mol. The predicted molar refractivity (Wildman–Crippen MR) is 112 cm³/mol. The summed E-state index contributed by atoms with van der Waals surface area (Å²) >= 11 is 0.935. The van der Waals surface area contributed by atoms with Crippen LogP contribution in [0.25, 0.3) is 10.4 Å². The Labute approximate surface area is 171 Å². The predicted octanol–water partition coefficient (Wildman–Crippen LogP) is 3.63. The third kappa shape index (κ3) is 4.30. The number of benzene rings is 2. The third-order valence-corrected chi connectivity index (χ3v) is 6.94. The van der Waals surface area contributed by atoms with Gasteiger partial charge in [-0.3, -0.25) is 9.52 Å². The fourth-order valence-corrected chi connectivity index (χ4v) is 5.18. The van der Waals surface area contributed by atoms with E-state index in [9.17, 15) is 23.1 Å². The summed E-state index contributed by atoms with van der Waals surface area (Å²) in [6, 6.07) is 12.7. The van der Waals surface area contributed by atoms with Crippen molar-refractivity contribution in [2.24, 2.45) is 5.73 Å². The first-order valence-corrected chi connectivity index (χ1v) is 10.8. The van der Waals surface area contributed by atoms with Crippen LogP contribution in [0.4, 0.5) is 5.69 Å². The number of amides is 1. The topological polar surface area (TPSA) is 127 Å². The van der Waals surface area contributed by atoms with Crippen LogP contribution < -0.4 is 10.5 Å². The SMILES string of the molecule is Cc1ccc(S(=O)(=O)Nc2cc(-c3ccc(C(N)=O)cc3)sc2C(=O)O)c(C)c1. The van der Waals surface area contributed by atoms with E-state index in [1.165, 1.54) is 24.3 Å². The number of sulfonamides is 1. The van der Waals surface area contributed by atoms with Crippen LogP contribution in [0.5, 0.6) is 0 Å². The van der Waals surface area contributed by atoms with E-state index in [-0.39, 0.29) is 15.5 Å². The van der Waals surface area contributed by atoms with Crippen molar-refractivity contribution in [3.8, 4) is 10.4 Å². The zero-order chi connectivity index (χ0) is 21.3. The molecule has 9 heteroatoms. The van der Waals surface area contributed by atoms with E-state index in [1.54, 1.807) is 31.2 Å². The number of carboxylic acid groups (broad SMARTS) is 1. The van der Waals surface area contributed by atoms with Gasteiger partial charge in [0.2, 0.25) is 5.91 Å². The summed E-state index contributed by atoms with van der Waals surface area (Å²) in [5.41, 5.74) is 7.65. The Morgan fingerprint density at radius 2 is 1.69 bits per heavy atom. The lowest BCUT2D eigenvalue weighted by Crippen LogP contribution is -2.15. The minimum atomic E-state index is -3.97. The van der Waals surface area contributed by atoms with Gasteiger partial charge in [0.15, 0.2) is 0 Å². The molecule has 3 aromatic rings. The highest BCUT2D eigenvalue weighted by Crippen LogP contribution is 2.36. The number of hydrogen-bond donors (Lipinski definition) is 3. The Kier molecular flexibility index (Phi) is 5.45. The highest BCUT2D eigenvalue weighted by atomic mass is 32.2. The molecule has 0 aliphatic heterocycles. The molecule has 0 spiro atoms. The molecule has 0 unspecified atom stereocenters. The molecule has 2 aromatic carbocycles. The minimum absolute atomic E-state index is 0.0172. The number of aromatic carboxylic acids is 1. The van der Waals surface area contributed by atoms with Crippen molar-refractivity contribution in [3.63, 3.8) is 0 Å². The van der Waals surface area contributed by atoms with Crippen LogP contribution >= 0.6 is 11.3 Å². The van der Waals surface area contributed by atoms with Gasteiger partial charge in [-0.25, -0.2) is 13.2 Å². The van der Waals surface area contributed by atoms with E-state index in [1.807, 2.05) is 6.92 Å². The van der Waals surface area contributed by atoms with E-state index in [0.29, 0.717) is 21.6 Å². The molecule has 0 aliphatic rings. The molecule has 0 aliphatic carbocycles. The second-order valence-corrected chi connectivity index (χ2v) is 9.18. The van der Waals surface area contributed by atoms with E-state index in [0.717, 1.165) is 16.9 Å². The average molecular weight is 431 g/mol. The molecule has 1 amide bonds. The van der Waals surface area contributed by atoms with Gasteiger partial charge >= 0.3 is 5.97 Å². The molecule has 0 saturated heterocycles. The maximum Gasteiger partial charge on any atom is 0.348 e. The largest absolute Gasteiger partial charge is 0.477 e. The van der Waals surface area contributed by atoms with Gasteiger partial charge in [0.1, 0.15) is 4.88 Å². The quantitative estimate of drug-likeness (QED) is 0.550. The molecule has 1 aromatic heterocycles. The summed E-state index contributed by atoms with van der Waals surface area (Å²) in [5.74, 6) is -1.82. The van der Waals surface area contributed by atoms with Gasteiger partial charge in [-0.1, -0.05) is 29.8 Å². The van der Waals surface area contributed by atoms with Gasteiger partial charge in [-0.2, -0.15) is 0 Å². The molecule has 0 fully saturated rings. The second kappa shape index (κ2) is 7.69. The van der Waals surface area contributed by atoms with Gasteiger partial charge < -0.3 is 10.8 Å². The summed E-state index contributed by atoms with van der Waals surface area (Å²) in [7, 11) is -3.97. The molecule has 0 saturated carbocycles. The van der Waals surface area contributed by atoms with Crippen LogP contribution in [-0.2, 0) is 10.0 Å². The van der Waals surface area contributed by atoms with Crippen LogP contribution in [0.2, 0.25) is 0 Å². The molecule has 150 valence electrons. The molecule has 3 rings (SSSR count). The first-order chi connectivity index (χ1) is 13.6. The van der Waals surface area contributed by atoms with Crippen LogP contribution in [0.15, 0.2) is 53.4 Å². The Morgan fingerprint density at radius 3 is 2.24 bits per heavy atom. The van der Waals surface area contributed by atoms with Crippen LogP contribution in [0, 0.1) is 13.8 Å². The Hall–Kier alpha value is -3.17. The van der Waals surface area contributed by atoms with Gasteiger partial charge in [-0.05, 0) is 49.2 Å². The molecule has 0 bridgehead atoms. The van der Waals surface area contributed by atoms with E-state index < -0.39 is 21.9 Å². The van der Waals surface area contributed by atoms with Crippen LogP contribution in [0.1, 0.15) is 31.2 Å². The molecule has 7 nitrogen and oxygen atoms in total. The van der Waals surface area contributed by atoms with E-state index in [2.05, 4.69) is 4.72 Å². The lowest BCUT2D eigenvalue weighted by molar-refractivity contribution is 0.0703. The summed E-state index contributed by atoms with van der Waals surface area (Å²) in [6.45, 7) is 3.53. The van der Waals surface area contributed by atoms with Gasteiger partial charge in [0, 0.05) is 10.4 Å². The standard InChI is InChI=1S/C20H18N2O5S2/c1-11-3-8-17(12(2)9-11)29(26,27)22-15-10-16(28-18(15)20(24)25)13-4-6-14(7-5-13)19(21)23/h3-10,22H,1-2H3,(H2,21,23)(H,24,25). The molecule has 29 heavy (non-hydrogen) atoms. The number of thiophene rings is 1. The number of carbonyl (C=O) groups excluding carboxylic acids is 1. The minimum Gasteiger partial charge on any atom is -0.477 e. The first kappa shape index (κ1) is 20.6. The number of hydrogen-bond acceptors (Lipinski definition) is 5. The Morgan fingerprint density at radius 1 is 1.03 bits per heavy atom. The fraction of sp³-hybridized carbons (Fsp3) is 0.100. The molecular formula is C20H18N2O5S2. The van der Waals surface area contributed by atoms with Crippen molar-refractivity contribution >= 4 is 38.9 Å². The highest BCUT2D eigenvalue weighted by Gasteiger charge is 2.23. The zero-order valence-electron chi connectivity index (χ0n) is 15.6. The molecule has 0 atom stereocenters. The summed E-state index contributed by atoms with van der Waals surface area (Å²) in [6.07, 6.45) is 0. The Bertz CT molecular complexity index is 1210. The summed E-state index contributed by atoms with van der Waals surface area (Å²) in [5, 5.41) is 9.52. The Balaban J connectivity index is 2.01. The van der Waals surface area contributed by atoms with E-state index >= 15 is 0 Å². The smallest absolute Gasteiger partial charge is 0.348 e. The summed E-state index contributed by atoms with van der Waals surface area (Å²) in [4.78, 5) is 23.4. The zero-order valence-corrected chi connectivity index (χ0v) is 17.2. The van der Waals surface area contributed by atoms with Crippen molar-refractivity contribution in [2.75, 3.05) is 4.72 Å². The van der Waals surface area contributed by atoms with Crippen molar-refractivity contribution in [3.05, 3.63) is 70.1 Å². The fourth-order valence-electron chi connectivity index (χ4n) is 2.87. The summed E-state index contributed by atoms with van der Waals surface area (Å²) < 4.78 is 28.0. The number of carbonyl (C=O) groups is 2. The number of primary amides is 1. The lowest BCUT2D eigenvalue weighted by atomic mass is 10.1. The number of anilines is 1. The maximum atomic E-state index is 12.8. The van der Waals surface area contributed by atoms with Crippen molar-refractivity contribution in [2.45, 2.75) is 18.7 Å². The number of nitrogens with one attached hydrogen (secondary N) is 1. The van der Waals surface area contributed by atoms with Crippen molar-refractivity contribution < 1.29 is 23.1 Å². The first-order valence-electron chi connectivity index (χ1n) is 8.46. The molecular weight excluding hydrogens is 412 g/mol.